The maximum Gasteiger partial charge on any atom is 0.321 e. The Morgan fingerprint density at radius 3 is 2.64 bits per heavy atom. The topological polar surface area (TPSA) is 127 Å². The molecule has 2 unspecified atom stereocenters. The highest BCUT2D eigenvalue weighted by Gasteiger charge is 2.53. The lowest BCUT2D eigenvalue weighted by atomic mass is 9.86. The minimum atomic E-state index is -2.44. The zero-order chi connectivity index (χ0) is 16.5. The van der Waals surface area contributed by atoms with Gasteiger partial charge in [-0.15, -0.1) is 4.41 Å². The van der Waals surface area contributed by atoms with Crippen molar-refractivity contribution >= 4 is 23.1 Å². The van der Waals surface area contributed by atoms with Crippen LogP contribution in [0.4, 0.5) is 0 Å². The molecule has 10 heteroatoms. The Balaban J connectivity index is 2.29. The minimum Gasteiger partial charge on any atom is -0.480 e. The number of nitrogens with zero attached hydrogens (tertiary/aromatic N) is 3. The second-order valence-electron chi connectivity index (χ2n) is 5.80. The molecule has 22 heavy (non-hydrogen) atoms. The number of hydrogen-bond donors (Lipinski definition) is 3. The predicted molar refractivity (Wildman–Crippen MR) is 78.6 cm³/mol. The summed E-state index contributed by atoms with van der Waals surface area (Å²) in [5.41, 5.74) is 4.64. The first-order valence-electron chi connectivity index (χ1n) is 7.19. The Bertz CT molecular complexity index is 486. The quantitative estimate of drug-likeness (QED) is 0.541. The van der Waals surface area contributed by atoms with Crippen molar-refractivity contribution < 1.29 is 23.5 Å². The third kappa shape index (κ3) is 3.01. The van der Waals surface area contributed by atoms with E-state index >= 15 is 0 Å². The normalized spacial score (nSPS) is 29.3. The van der Waals surface area contributed by atoms with Crippen molar-refractivity contribution in [2.75, 3.05) is 26.7 Å². The van der Waals surface area contributed by atoms with Crippen LogP contribution in [0.25, 0.3) is 0 Å². The molecule has 0 bridgehead atoms. The third-order valence-electron chi connectivity index (χ3n) is 4.43. The molecule has 4 N–H and O–H groups in total. The minimum absolute atomic E-state index is 0.0912. The number of hydrogen-bond acceptors (Lipinski definition) is 5. The lowest BCUT2D eigenvalue weighted by molar-refractivity contribution is -0.151. The summed E-state index contributed by atoms with van der Waals surface area (Å²) < 4.78 is 22.3. The number of carboxylic acids is 1. The van der Waals surface area contributed by atoms with Crippen molar-refractivity contribution in [1.82, 2.24) is 14.3 Å². The average Bonchev–Trinajstić information content (AvgIpc) is 2.74. The summed E-state index contributed by atoms with van der Waals surface area (Å²) in [6.07, 6.45) is 2.77. The molecule has 2 saturated heterocycles. The van der Waals surface area contributed by atoms with Gasteiger partial charge >= 0.3 is 5.97 Å². The van der Waals surface area contributed by atoms with Crippen LogP contribution in [0.2, 0.25) is 0 Å². The highest BCUT2D eigenvalue weighted by atomic mass is 32.2. The van der Waals surface area contributed by atoms with Crippen LogP contribution >= 0.6 is 0 Å². The van der Waals surface area contributed by atoms with E-state index in [2.05, 4.69) is 0 Å². The van der Waals surface area contributed by atoms with E-state index in [0.717, 1.165) is 17.3 Å². The predicted octanol–water partition coefficient (Wildman–Crippen LogP) is -1.16. The number of carboxylic acid groups (broad SMARTS) is 1. The van der Waals surface area contributed by atoms with Crippen molar-refractivity contribution in [2.24, 2.45) is 5.73 Å². The second-order valence-corrected chi connectivity index (χ2v) is 6.68. The van der Waals surface area contributed by atoms with Crippen LogP contribution in [0.1, 0.15) is 25.7 Å². The number of aliphatic carboxylic acids is 1. The monoisotopic (exact) mass is 334 g/mol. The smallest absolute Gasteiger partial charge is 0.321 e. The maximum absolute atomic E-state index is 12.6. The molecule has 0 saturated carbocycles. The van der Waals surface area contributed by atoms with Gasteiger partial charge in [-0.3, -0.25) is 14.1 Å². The van der Waals surface area contributed by atoms with E-state index in [9.17, 15) is 18.4 Å². The van der Waals surface area contributed by atoms with Gasteiger partial charge in [0.25, 0.3) is 0 Å². The van der Waals surface area contributed by atoms with E-state index in [4.69, 9.17) is 10.8 Å². The van der Waals surface area contributed by atoms with Crippen LogP contribution in [0.15, 0.2) is 0 Å². The number of piperidine rings is 1. The van der Waals surface area contributed by atoms with Gasteiger partial charge < -0.3 is 15.7 Å². The van der Waals surface area contributed by atoms with Gasteiger partial charge in [0.15, 0.2) is 0 Å². The fraction of sp³-hybridized carbons (Fsp3) is 0.833. The molecule has 0 aromatic rings. The molecule has 0 aliphatic carbocycles. The molecule has 126 valence electrons. The van der Waals surface area contributed by atoms with E-state index in [0.29, 0.717) is 25.9 Å². The molecule has 9 nitrogen and oxygen atoms in total. The highest BCUT2D eigenvalue weighted by molar-refractivity contribution is 7.76. The van der Waals surface area contributed by atoms with Gasteiger partial charge in [-0.2, -0.15) is 0 Å². The van der Waals surface area contributed by atoms with Crippen LogP contribution in [0, 0.1) is 0 Å². The Morgan fingerprint density at radius 2 is 2.14 bits per heavy atom. The van der Waals surface area contributed by atoms with Gasteiger partial charge in [0.05, 0.1) is 6.54 Å². The number of carbonyl (C=O) groups is 2. The van der Waals surface area contributed by atoms with Gasteiger partial charge in [0.1, 0.15) is 11.6 Å². The van der Waals surface area contributed by atoms with Crippen molar-refractivity contribution in [3.8, 4) is 0 Å². The van der Waals surface area contributed by atoms with E-state index in [1.165, 1.54) is 0 Å². The van der Waals surface area contributed by atoms with Crippen LogP contribution in [0.3, 0.4) is 0 Å². The molecular formula is C12H22N4O5S. The van der Waals surface area contributed by atoms with Crippen LogP contribution in [0.5, 0.6) is 0 Å². The van der Waals surface area contributed by atoms with Crippen molar-refractivity contribution in [1.29, 1.82) is 0 Å². The number of likely N-dealkylation sites (tertiary alicyclic amines) is 1. The summed E-state index contributed by atoms with van der Waals surface area (Å²) in [6.45, 7) is 0.682. The first kappa shape index (κ1) is 17.3. The molecule has 2 aliphatic rings. The van der Waals surface area contributed by atoms with Gasteiger partial charge in [-0.05, 0) is 25.7 Å². The van der Waals surface area contributed by atoms with E-state index in [-0.39, 0.29) is 12.5 Å². The fourth-order valence-electron chi connectivity index (χ4n) is 3.23. The van der Waals surface area contributed by atoms with E-state index < -0.39 is 28.8 Å². The third-order valence-corrected chi connectivity index (χ3v) is 5.14. The number of nitrogens with two attached hydrogens (primary N) is 1. The zero-order valence-electron chi connectivity index (χ0n) is 12.5. The Morgan fingerprint density at radius 1 is 1.45 bits per heavy atom. The summed E-state index contributed by atoms with van der Waals surface area (Å²) in [7, 11) is 1.70. The van der Waals surface area contributed by atoms with Gasteiger partial charge in [0.2, 0.25) is 17.2 Å². The average molecular weight is 334 g/mol. The molecular weight excluding hydrogens is 312 g/mol. The summed E-state index contributed by atoms with van der Waals surface area (Å²) in [6, 6.07) is -1.30. The fourth-order valence-corrected chi connectivity index (χ4v) is 3.92. The number of likely N-dealkylation sites (N-methyl/N-ethyl adjacent to an activating group) is 1. The Hall–Kier alpha value is -1.07. The number of hydrazine groups is 1. The van der Waals surface area contributed by atoms with Crippen LogP contribution in [-0.4, -0.2) is 78.3 Å². The largest absolute Gasteiger partial charge is 0.480 e. The van der Waals surface area contributed by atoms with E-state index in [1.807, 2.05) is 0 Å². The molecule has 0 aromatic heterocycles. The first-order chi connectivity index (χ1) is 10.3. The Kier molecular flexibility index (Phi) is 5.17. The molecule has 2 aliphatic heterocycles. The SMILES string of the molecule is CN1CCC2(CCCCN2N(C[C@H](N)C(=O)O)S(=O)O)C1=O. The molecule has 1 spiro atoms. The maximum atomic E-state index is 12.6. The molecule has 2 fully saturated rings. The number of carbonyl (C=O) groups excluding carboxylic acids is 1. The molecule has 1 amide bonds. The molecule has 3 atom stereocenters. The van der Waals surface area contributed by atoms with Crippen molar-refractivity contribution in [3.05, 3.63) is 0 Å². The number of rotatable bonds is 5. The summed E-state index contributed by atoms with van der Waals surface area (Å²) in [4.78, 5) is 25.1. The van der Waals surface area contributed by atoms with Crippen LogP contribution < -0.4 is 5.73 Å². The molecule has 2 rings (SSSR count). The summed E-state index contributed by atoms with van der Waals surface area (Å²) in [5.74, 6) is -1.34. The second kappa shape index (κ2) is 6.59. The number of amides is 1. The molecule has 0 radical (unpaired) electrons. The van der Waals surface area contributed by atoms with E-state index in [1.54, 1.807) is 17.0 Å². The first-order valence-corrected chi connectivity index (χ1v) is 8.26. The zero-order valence-corrected chi connectivity index (χ0v) is 13.3. The van der Waals surface area contributed by atoms with Crippen molar-refractivity contribution in [2.45, 2.75) is 37.3 Å². The van der Waals surface area contributed by atoms with Gasteiger partial charge in [-0.1, -0.05) is 0 Å². The molecule has 0 aromatic carbocycles. The lowest BCUT2D eigenvalue weighted by Gasteiger charge is -2.47. The highest BCUT2D eigenvalue weighted by Crippen LogP contribution is 2.38. The lowest BCUT2D eigenvalue weighted by Crippen LogP contribution is -2.64. The molecule has 2 heterocycles. The van der Waals surface area contributed by atoms with Crippen LogP contribution in [-0.2, 0) is 20.9 Å². The van der Waals surface area contributed by atoms with Gasteiger partial charge in [-0.25, -0.2) is 9.22 Å². The summed E-state index contributed by atoms with van der Waals surface area (Å²) in [5, 5.41) is 10.5. The summed E-state index contributed by atoms with van der Waals surface area (Å²) >= 11 is -2.44. The van der Waals surface area contributed by atoms with Gasteiger partial charge in [0, 0.05) is 20.1 Å². The standard InChI is InChI=1S/C12H22N4O5S/c1-14-7-5-12(11(14)19)4-2-3-6-15(12)16(22(20)21)8-9(13)10(17)18/h9H,2-8,13H2,1H3,(H,17,18)(H,20,21)/t9-,12?/m0/s1. The van der Waals surface area contributed by atoms with Crippen molar-refractivity contribution in [3.63, 3.8) is 0 Å². The Labute approximate surface area is 131 Å².